The van der Waals surface area contributed by atoms with Crippen LogP contribution in [0.5, 0.6) is 0 Å². The second-order valence-corrected chi connectivity index (χ2v) is 4.81. The highest BCUT2D eigenvalue weighted by Crippen LogP contribution is 2.35. The molecule has 2 aromatic carbocycles. The van der Waals surface area contributed by atoms with Gasteiger partial charge in [-0.05, 0) is 47.9 Å². The van der Waals surface area contributed by atoms with E-state index in [1.165, 1.54) is 6.07 Å². The summed E-state index contributed by atoms with van der Waals surface area (Å²) < 4.78 is 26.1. The minimum absolute atomic E-state index is 0.0337. The molecule has 4 heteroatoms. The molecule has 0 saturated heterocycles. The molecule has 1 atom stereocenters. The highest BCUT2D eigenvalue weighted by molar-refractivity contribution is 6.30. The molecular formula is C14H10ClF2N. The first-order valence-electron chi connectivity index (χ1n) is 5.63. The summed E-state index contributed by atoms with van der Waals surface area (Å²) in [5.41, 5.74) is 2.83. The number of benzene rings is 2. The predicted molar refractivity (Wildman–Crippen MR) is 67.9 cm³/mol. The maximum absolute atomic E-state index is 13.2. The Morgan fingerprint density at radius 2 is 1.89 bits per heavy atom. The zero-order valence-corrected chi connectivity index (χ0v) is 10.1. The highest BCUT2D eigenvalue weighted by atomic mass is 35.5. The first-order valence-corrected chi connectivity index (χ1v) is 6.01. The third-order valence-electron chi connectivity index (χ3n) is 3.17. The Kier molecular flexibility index (Phi) is 2.71. The van der Waals surface area contributed by atoms with E-state index in [0.717, 1.165) is 29.3 Å². The molecule has 0 saturated carbocycles. The number of hydrogen-bond donors (Lipinski definition) is 1. The summed E-state index contributed by atoms with van der Waals surface area (Å²) in [6.45, 7) is 0. The largest absolute Gasteiger partial charge is 0.378 e. The monoisotopic (exact) mass is 265 g/mol. The zero-order chi connectivity index (χ0) is 12.7. The van der Waals surface area contributed by atoms with E-state index in [0.29, 0.717) is 5.02 Å². The van der Waals surface area contributed by atoms with Crippen molar-refractivity contribution in [2.24, 2.45) is 0 Å². The van der Waals surface area contributed by atoms with Crippen LogP contribution < -0.4 is 5.32 Å². The van der Waals surface area contributed by atoms with Crippen molar-refractivity contribution in [3.05, 3.63) is 64.2 Å². The van der Waals surface area contributed by atoms with E-state index in [2.05, 4.69) is 5.32 Å². The Hall–Kier alpha value is -1.61. The van der Waals surface area contributed by atoms with Crippen molar-refractivity contribution >= 4 is 17.3 Å². The zero-order valence-electron chi connectivity index (χ0n) is 9.38. The molecule has 1 nitrogen and oxygen atoms in total. The van der Waals surface area contributed by atoms with E-state index in [4.69, 9.17) is 11.6 Å². The fourth-order valence-corrected chi connectivity index (χ4v) is 2.46. The average Bonchev–Trinajstić information content (AvgIpc) is 2.75. The molecule has 1 N–H and O–H groups in total. The van der Waals surface area contributed by atoms with Crippen LogP contribution in [0.25, 0.3) is 0 Å². The van der Waals surface area contributed by atoms with Crippen LogP contribution in [-0.2, 0) is 6.42 Å². The Bertz CT molecular complexity index is 613. The van der Waals surface area contributed by atoms with E-state index >= 15 is 0 Å². The van der Waals surface area contributed by atoms with Gasteiger partial charge in [0.05, 0.1) is 6.04 Å². The first-order chi connectivity index (χ1) is 8.63. The van der Waals surface area contributed by atoms with Crippen molar-refractivity contribution in [3.63, 3.8) is 0 Å². The van der Waals surface area contributed by atoms with E-state index in [1.54, 1.807) is 12.1 Å². The van der Waals surface area contributed by atoms with Gasteiger partial charge in [0.25, 0.3) is 0 Å². The molecule has 0 spiro atoms. The number of anilines is 1. The Balaban J connectivity index is 1.91. The number of fused-ring (bicyclic) bond motifs is 1. The van der Waals surface area contributed by atoms with Crippen molar-refractivity contribution in [2.75, 3.05) is 5.32 Å². The Morgan fingerprint density at radius 3 is 2.67 bits per heavy atom. The highest BCUT2D eigenvalue weighted by Gasteiger charge is 2.22. The molecule has 0 bridgehead atoms. The molecule has 1 aliphatic heterocycles. The summed E-state index contributed by atoms with van der Waals surface area (Å²) in [7, 11) is 0. The fraction of sp³-hybridized carbons (Fsp3) is 0.143. The van der Waals surface area contributed by atoms with Gasteiger partial charge in [-0.25, -0.2) is 8.78 Å². The molecule has 92 valence electrons. The molecule has 1 aliphatic rings. The molecule has 1 unspecified atom stereocenters. The van der Waals surface area contributed by atoms with Crippen molar-refractivity contribution in [1.82, 2.24) is 0 Å². The van der Waals surface area contributed by atoms with Crippen molar-refractivity contribution in [1.29, 1.82) is 0 Å². The van der Waals surface area contributed by atoms with Gasteiger partial charge in [0.1, 0.15) is 0 Å². The van der Waals surface area contributed by atoms with Crippen LogP contribution in [0.15, 0.2) is 36.4 Å². The van der Waals surface area contributed by atoms with Crippen LogP contribution in [0.3, 0.4) is 0 Å². The van der Waals surface area contributed by atoms with Crippen molar-refractivity contribution in [2.45, 2.75) is 12.5 Å². The molecule has 2 aromatic rings. The minimum Gasteiger partial charge on any atom is -0.378 e. The SMILES string of the molecule is Fc1ccc(C2Cc3cc(Cl)ccc3N2)cc1F. The summed E-state index contributed by atoms with van der Waals surface area (Å²) in [5.74, 6) is -1.64. The lowest BCUT2D eigenvalue weighted by Crippen LogP contribution is -2.06. The van der Waals surface area contributed by atoms with Gasteiger partial charge in [0.15, 0.2) is 11.6 Å². The third kappa shape index (κ3) is 1.95. The molecule has 1 heterocycles. The van der Waals surface area contributed by atoms with Gasteiger partial charge in [0.2, 0.25) is 0 Å². The van der Waals surface area contributed by atoms with E-state index < -0.39 is 11.6 Å². The number of halogens is 3. The van der Waals surface area contributed by atoms with E-state index in [9.17, 15) is 8.78 Å². The van der Waals surface area contributed by atoms with Crippen molar-refractivity contribution in [3.8, 4) is 0 Å². The van der Waals surface area contributed by atoms with Crippen LogP contribution in [-0.4, -0.2) is 0 Å². The summed E-state index contributed by atoms with van der Waals surface area (Å²) in [6, 6.07) is 9.56. The molecule has 0 radical (unpaired) electrons. The fourth-order valence-electron chi connectivity index (χ4n) is 2.26. The minimum atomic E-state index is -0.822. The van der Waals surface area contributed by atoms with Gasteiger partial charge < -0.3 is 5.32 Å². The van der Waals surface area contributed by atoms with Gasteiger partial charge in [-0.2, -0.15) is 0 Å². The Morgan fingerprint density at radius 1 is 1.06 bits per heavy atom. The van der Waals surface area contributed by atoms with Crippen molar-refractivity contribution < 1.29 is 8.78 Å². The van der Waals surface area contributed by atoms with Crippen LogP contribution in [0.2, 0.25) is 5.02 Å². The predicted octanol–water partition coefficient (Wildman–Crippen LogP) is 4.33. The average molecular weight is 266 g/mol. The smallest absolute Gasteiger partial charge is 0.159 e. The quantitative estimate of drug-likeness (QED) is 0.809. The normalized spacial score (nSPS) is 17.4. The second-order valence-electron chi connectivity index (χ2n) is 4.38. The summed E-state index contributed by atoms with van der Waals surface area (Å²) in [6.07, 6.45) is 0.723. The lowest BCUT2D eigenvalue weighted by atomic mass is 10.0. The maximum atomic E-state index is 13.2. The van der Waals surface area contributed by atoms with Crippen LogP contribution in [0.1, 0.15) is 17.2 Å². The molecule has 0 fully saturated rings. The molecule has 0 aromatic heterocycles. The van der Waals surface area contributed by atoms with Gasteiger partial charge in [0, 0.05) is 10.7 Å². The van der Waals surface area contributed by atoms with Gasteiger partial charge in [-0.15, -0.1) is 0 Å². The maximum Gasteiger partial charge on any atom is 0.159 e. The van der Waals surface area contributed by atoms with Gasteiger partial charge in [-0.3, -0.25) is 0 Å². The van der Waals surface area contributed by atoms with E-state index in [1.807, 2.05) is 12.1 Å². The first kappa shape index (κ1) is 11.5. The molecular weight excluding hydrogens is 256 g/mol. The lowest BCUT2D eigenvalue weighted by Gasteiger charge is -2.11. The number of hydrogen-bond acceptors (Lipinski definition) is 1. The van der Waals surface area contributed by atoms with Crippen LogP contribution in [0.4, 0.5) is 14.5 Å². The van der Waals surface area contributed by atoms with E-state index in [-0.39, 0.29) is 6.04 Å². The van der Waals surface area contributed by atoms with Gasteiger partial charge >= 0.3 is 0 Å². The number of nitrogens with one attached hydrogen (secondary N) is 1. The van der Waals surface area contributed by atoms with Gasteiger partial charge in [-0.1, -0.05) is 17.7 Å². The van der Waals surface area contributed by atoms with Crippen LogP contribution >= 0.6 is 11.6 Å². The molecule has 3 rings (SSSR count). The second kappa shape index (κ2) is 4.25. The summed E-state index contributed by atoms with van der Waals surface area (Å²) in [5, 5.41) is 3.96. The number of rotatable bonds is 1. The third-order valence-corrected chi connectivity index (χ3v) is 3.40. The standard InChI is InChI=1S/C14H10ClF2N/c15-10-2-4-13-9(5-10)7-14(18-13)8-1-3-11(16)12(17)6-8/h1-6,14,18H,7H2. The Labute approximate surface area is 108 Å². The van der Waals surface area contributed by atoms with Crippen LogP contribution in [0, 0.1) is 11.6 Å². The summed E-state index contributed by atoms with van der Waals surface area (Å²) in [4.78, 5) is 0. The topological polar surface area (TPSA) is 12.0 Å². The lowest BCUT2D eigenvalue weighted by molar-refractivity contribution is 0.506. The summed E-state index contributed by atoms with van der Waals surface area (Å²) >= 11 is 5.93. The molecule has 18 heavy (non-hydrogen) atoms. The molecule has 0 amide bonds. The molecule has 0 aliphatic carbocycles.